The Balaban J connectivity index is 2.05. The van der Waals surface area contributed by atoms with Crippen LogP contribution in [0.3, 0.4) is 0 Å². The second kappa shape index (κ2) is 5.29. The maximum Gasteiger partial charge on any atom is 0.266 e. The van der Waals surface area contributed by atoms with Gasteiger partial charge < -0.3 is 10.5 Å². The molecule has 1 aliphatic rings. The van der Waals surface area contributed by atoms with E-state index in [0.717, 1.165) is 19.6 Å². The van der Waals surface area contributed by atoms with E-state index in [1.54, 1.807) is 0 Å². The second-order valence-corrected chi connectivity index (χ2v) is 4.16. The lowest BCUT2D eigenvalue weighted by atomic mass is 10.2. The molecular weight excluding hydrogens is 220 g/mol. The van der Waals surface area contributed by atoms with E-state index in [9.17, 15) is 4.79 Å². The van der Waals surface area contributed by atoms with Crippen LogP contribution in [0.15, 0.2) is 16.9 Å². The van der Waals surface area contributed by atoms with E-state index in [1.165, 1.54) is 16.8 Å². The van der Waals surface area contributed by atoms with Gasteiger partial charge in [-0.1, -0.05) is 6.92 Å². The molecule has 1 saturated heterocycles. The molecule has 0 amide bonds. The van der Waals surface area contributed by atoms with E-state index in [1.807, 2.05) is 0 Å². The Morgan fingerprint density at radius 1 is 1.59 bits per heavy atom. The van der Waals surface area contributed by atoms with Crippen molar-refractivity contribution in [3.63, 3.8) is 0 Å². The van der Waals surface area contributed by atoms with Crippen molar-refractivity contribution in [3.8, 4) is 0 Å². The molecular formula is C11H18N4O2. The SMILES string of the molecule is CCN1CCOC(Cn2nc(N)ccc2=O)C1. The van der Waals surface area contributed by atoms with Crippen molar-refractivity contribution >= 4 is 5.82 Å². The number of likely N-dealkylation sites (N-methyl/N-ethyl adjacent to an activating group) is 1. The monoisotopic (exact) mass is 238 g/mol. The Hall–Kier alpha value is -1.40. The van der Waals surface area contributed by atoms with Gasteiger partial charge in [0.1, 0.15) is 5.82 Å². The van der Waals surface area contributed by atoms with Crippen LogP contribution < -0.4 is 11.3 Å². The lowest BCUT2D eigenvalue weighted by molar-refractivity contribution is -0.0363. The predicted octanol–water partition coefficient (Wildman–Crippen LogP) is -0.454. The highest BCUT2D eigenvalue weighted by molar-refractivity contribution is 5.23. The number of rotatable bonds is 3. The smallest absolute Gasteiger partial charge is 0.266 e. The van der Waals surface area contributed by atoms with Crippen molar-refractivity contribution in [1.82, 2.24) is 14.7 Å². The summed E-state index contributed by atoms with van der Waals surface area (Å²) in [6.07, 6.45) is 0.00991. The Labute approximate surface area is 100.0 Å². The molecule has 0 aromatic carbocycles. The molecule has 6 heteroatoms. The van der Waals surface area contributed by atoms with Crippen molar-refractivity contribution in [2.75, 3.05) is 32.0 Å². The summed E-state index contributed by atoms with van der Waals surface area (Å²) in [5.74, 6) is 0.354. The summed E-state index contributed by atoms with van der Waals surface area (Å²) in [5.41, 5.74) is 5.42. The van der Waals surface area contributed by atoms with Gasteiger partial charge in [-0.05, 0) is 12.6 Å². The van der Waals surface area contributed by atoms with Gasteiger partial charge >= 0.3 is 0 Å². The maximum atomic E-state index is 11.6. The van der Waals surface area contributed by atoms with E-state index in [4.69, 9.17) is 10.5 Å². The van der Waals surface area contributed by atoms with Gasteiger partial charge in [0.05, 0.1) is 19.3 Å². The molecule has 6 nitrogen and oxygen atoms in total. The minimum Gasteiger partial charge on any atom is -0.382 e. The van der Waals surface area contributed by atoms with Gasteiger partial charge in [-0.3, -0.25) is 9.69 Å². The van der Waals surface area contributed by atoms with Crippen LogP contribution in [0.4, 0.5) is 5.82 Å². The standard InChI is InChI=1S/C11H18N4O2/c1-2-14-5-6-17-9(7-14)8-15-11(16)4-3-10(12)13-15/h3-4,9H,2,5-8H2,1H3,(H2,12,13). The highest BCUT2D eigenvalue weighted by Crippen LogP contribution is 2.06. The van der Waals surface area contributed by atoms with Crippen LogP contribution in [0.25, 0.3) is 0 Å². The van der Waals surface area contributed by atoms with Gasteiger partial charge in [-0.25, -0.2) is 4.68 Å². The number of nitrogens with two attached hydrogens (primary N) is 1. The molecule has 1 aromatic rings. The molecule has 1 atom stereocenters. The lowest BCUT2D eigenvalue weighted by Crippen LogP contribution is -2.45. The summed E-state index contributed by atoms with van der Waals surface area (Å²) in [6, 6.07) is 2.95. The molecule has 94 valence electrons. The summed E-state index contributed by atoms with van der Waals surface area (Å²) < 4.78 is 7.00. The highest BCUT2D eigenvalue weighted by Gasteiger charge is 2.20. The number of morpholine rings is 1. The fourth-order valence-corrected chi connectivity index (χ4v) is 1.97. The number of anilines is 1. The van der Waals surface area contributed by atoms with Crippen molar-refractivity contribution < 1.29 is 4.74 Å². The minimum absolute atomic E-state index is 0.00991. The summed E-state index contributed by atoms with van der Waals surface area (Å²) in [5, 5.41) is 4.00. The van der Waals surface area contributed by atoms with Crippen LogP contribution >= 0.6 is 0 Å². The number of aromatic nitrogens is 2. The molecule has 0 spiro atoms. The zero-order chi connectivity index (χ0) is 12.3. The molecule has 0 bridgehead atoms. The first-order valence-electron chi connectivity index (χ1n) is 5.86. The average Bonchev–Trinajstić information content (AvgIpc) is 2.34. The van der Waals surface area contributed by atoms with E-state index in [0.29, 0.717) is 19.0 Å². The lowest BCUT2D eigenvalue weighted by Gasteiger charge is -2.31. The van der Waals surface area contributed by atoms with Crippen molar-refractivity contribution in [1.29, 1.82) is 0 Å². The minimum atomic E-state index is -0.142. The third-order valence-electron chi connectivity index (χ3n) is 2.93. The zero-order valence-corrected chi connectivity index (χ0v) is 10.0. The van der Waals surface area contributed by atoms with E-state index < -0.39 is 0 Å². The van der Waals surface area contributed by atoms with Crippen LogP contribution in [0, 0.1) is 0 Å². The topological polar surface area (TPSA) is 73.4 Å². The molecule has 0 aliphatic carbocycles. The van der Waals surface area contributed by atoms with Crippen LogP contribution in [-0.2, 0) is 11.3 Å². The maximum absolute atomic E-state index is 11.6. The van der Waals surface area contributed by atoms with Crippen LogP contribution in [0.5, 0.6) is 0 Å². The molecule has 1 aliphatic heterocycles. The largest absolute Gasteiger partial charge is 0.382 e. The number of hydrogen-bond acceptors (Lipinski definition) is 5. The van der Waals surface area contributed by atoms with Crippen LogP contribution in [-0.4, -0.2) is 47.0 Å². The fraction of sp³-hybridized carbons (Fsp3) is 0.636. The van der Waals surface area contributed by atoms with Crippen LogP contribution in [0.2, 0.25) is 0 Å². The third-order valence-corrected chi connectivity index (χ3v) is 2.93. The van der Waals surface area contributed by atoms with Gasteiger partial charge in [-0.15, -0.1) is 0 Å². The first-order chi connectivity index (χ1) is 8.19. The van der Waals surface area contributed by atoms with Gasteiger partial charge in [-0.2, -0.15) is 5.10 Å². The Morgan fingerprint density at radius 3 is 3.18 bits per heavy atom. The molecule has 0 saturated carbocycles. The fourth-order valence-electron chi connectivity index (χ4n) is 1.97. The van der Waals surface area contributed by atoms with E-state index in [-0.39, 0.29) is 11.7 Å². The average molecular weight is 238 g/mol. The number of nitrogens with zero attached hydrogens (tertiary/aromatic N) is 3. The van der Waals surface area contributed by atoms with Gasteiger partial charge in [0.25, 0.3) is 5.56 Å². The number of hydrogen-bond donors (Lipinski definition) is 1. The molecule has 2 N–H and O–H groups in total. The zero-order valence-electron chi connectivity index (χ0n) is 10.0. The molecule has 1 aromatic heterocycles. The Morgan fingerprint density at radius 2 is 2.41 bits per heavy atom. The van der Waals surface area contributed by atoms with E-state index >= 15 is 0 Å². The number of ether oxygens (including phenoxy) is 1. The molecule has 17 heavy (non-hydrogen) atoms. The normalized spacial score (nSPS) is 21.6. The summed E-state index contributed by atoms with van der Waals surface area (Å²) in [4.78, 5) is 13.9. The number of nitrogen functional groups attached to an aromatic ring is 1. The van der Waals surface area contributed by atoms with Crippen molar-refractivity contribution in [3.05, 3.63) is 22.5 Å². The first kappa shape index (κ1) is 12.1. The molecule has 1 fully saturated rings. The van der Waals surface area contributed by atoms with Gasteiger partial charge in [0.15, 0.2) is 0 Å². The summed E-state index contributed by atoms with van der Waals surface area (Å²) in [6.45, 7) is 6.06. The van der Waals surface area contributed by atoms with Gasteiger partial charge in [0, 0.05) is 19.2 Å². The van der Waals surface area contributed by atoms with Crippen LogP contribution in [0.1, 0.15) is 6.92 Å². The molecule has 0 radical (unpaired) electrons. The third kappa shape index (κ3) is 3.04. The first-order valence-corrected chi connectivity index (χ1v) is 5.86. The summed E-state index contributed by atoms with van der Waals surface area (Å²) in [7, 11) is 0. The van der Waals surface area contributed by atoms with Gasteiger partial charge in [0.2, 0.25) is 0 Å². The highest BCUT2D eigenvalue weighted by atomic mass is 16.5. The quantitative estimate of drug-likeness (QED) is 0.772. The Kier molecular flexibility index (Phi) is 3.75. The Bertz CT molecular complexity index is 432. The molecule has 2 heterocycles. The van der Waals surface area contributed by atoms with E-state index in [2.05, 4.69) is 16.9 Å². The second-order valence-electron chi connectivity index (χ2n) is 4.16. The van der Waals surface area contributed by atoms with Crippen molar-refractivity contribution in [2.45, 2.75) is 19.6 Å². The summed E-state index contributed by atoms with van der Waals surface area (Å²) >= 11 is 0. The van der Waals surface area contributed by atoms with Crippen molar-refractivity contribution in [2.24, 2.45) is 0 Å². The molecule has 2 rings (SSSR count). The predicted molar refractivity (Wildman–Crippen MR) is 64.8 cm³/mol. The molecule has 1 unspecified atom stereocenters.